The lowest BCUT2D eigenvalue weighted by atomic mass is 10.1. The highest BCUT2D eigenvalue weighted by atomic mass is 16.4. The largest absolute Gasteiger partial charge is 0.480 e. The Hall–Kier alpha value is -0.610. The zero-order valence-electron chi connectivity index (χ0n) is 23.1. The number of unbranched alkanes of at least 4 members (excludes halogenated alkanes) is 12. The normalized spacial score (nSPS) is 15.9. The summed E-state index contributed by atoms with van der Waals surface area (Å²) < 4.78 is 1.46. The van der Waals surface area contributed by atoms with Crippen molar-refractivity contribution in [3.05, 3.63) is 0 Å². The maximum atomic E-state index is 10.1. The molecular weight excluding hydrogens is 408 g/mol. The average molecular weight is 470 g/mol. The third-order valence-corrected chi connectivity index (χ3v) is 7.30. The SMILES string of the molecule is CCCCCC[N+](CCCCCC)(CCCCCC)CCCCCC.O=C(O)[C@@H]1CCCN1. The maximum absolute atomic E-state index is 10.1. The van der Waals surface area contributed by atoms with Crippen molar-refractivity contribution in [2.24, 2.45) is 0 Å². The first-order valence-corrected chi connectivity index (χ1v) is 14.9. The molecule has 0 aromatic rings. The van der Waals surface area contributed by atoms with Gasteiger partial charge in [-0.15, -0.1) is 0 Å². The average Bonchev–Trinajstić information content (AvgIpc) is 3.36. The van der Waals surface area contributed by atoms with Gasteiger partial charge < -0.3 is 14.9 Å². The Bertz CT molecular complexity index is 368. The molecule has 33 heavy (non-hydrogen) atoms. The Morgan fingerprint density at radius 2 is 1.03 bits per heavy atom. The Labute approximate surface area is 207 Å². The molecule has 0 unspecified atom stereocenters. The van der Waals surface area contributed by atoms with Gasteiger partial charge in [0.05, 0.1) is 26.2 Å². The van der Waals surface area contributed by atoms with Crippen LogP contribution in [0.3, 0.4) is 0 Å². The van der Waals surface area contributed by atoms with Crippen LogP contribution in [0.15, 0.2) is 0 Å². The number of nitrogens with zero attached hydrogens (tertiary/aromatic N) is 1. The Balaban J connectivity index is 0.00000106. The quantitative estimate of drug-likeness (QED) is 0.132. The maximum Gasteiger partial charge on any atom is 0.320 e. The van der Waals surface area contributed by atoms with Gasteiger partial charge in [0.15, 0.2) is 0 Å². The summed E-state index contributed by atoms with van der Waals surface area (Å²) in [5.74, 6) is -0.720. The van der Waals surface area contributed by atoms with E-state index in [1.807, 2.05) is 0 Å². The van der Waals surface area contributed by atoms with E-state index in [1.165, 1.54) is 133 Å². The second-order valence-electron chi connectivity index (χ2n) is 10.5. The molecule has 0 spiro atoms. The molecule has 0 amide bonds. The van der Waals surface area contributed by atoms with Crippen molar-refractivity contribution in [1.82, 2.24) is 5.32 Å². The summed E-state index contributed by atoms with van der Waals surface area (Å²) in [6, 6.07) is -0.269. The number of hydrogen-bond acceptors (Lipinski definition) is 2. The van der Waals surface area contributed by atoms with Crippen molar-refractivity contribution in [1.29, 1.82) is 0 Å². The van der Waals surface area contributed by atoms with Gasteiger partial charge in [-0.25, -0.2) is 0 Å². The lowest BCUT2D eigenvalue weighted by molar-refractivity contribution is -0.929. The van der Waals surface area contributed by atoms with E-state index in [9.17, 15) is 4.79 Å². The van der Waals surface area contributed by atoms with Crippen LogP contribution in [0.2, 0.25) is 0 Å². The molecule has 0 bridgehead atoms. The van der Waals surface area contributed by atoms with Gasteiger partial charge in [0.25, 0.3) is 0 Å². The van der Waals surface area contributed by atoms with Crippen LogP contribution in [0, 0.1) is 0 Å². The van der Waals surface area contributed by atoms with Crippen LogP contribution in [0.5, 0.6) is 0 Å². The third kappa shape index (κ3) is 18.4. The molecule has 0 aromatic heterocycles. The Morgan fingerprint density at radius 1 is 0.667 bits per heavy atom. The fraction of sp³-hybridized carbons (Fsp3) is 0.966. The molecule has 1 heterocycles. The first-order chi connectivity index (χ1) is 16.0. The van der Waals surface area contributed by atoms with E-state index in [1.54, 1.807) is 0 Å². The molecular formula is C29H61N2O2+. The smallest absolute Gasteiger partial charge is 0.320 e. The topological polar surface area (TPSA) is 49.3 Å². The van der Waals surface area contributed by atoms with E-state index in [0.29, 0.717) is 0 Å². The van der Waals surface area contributed by atoms with Gasteiger partial charge in [-0.1, -0.05) is 79.1 Å². The number of quaternary nitrogens is 1. The van der Waals surface area contributed by atoms with Crippen molar-refractivity contribution >= 4 is 5.97 Å². The minimum absolute atomic E-state index is 0.269. The molecule has 0 saturated carbocycles. The summed E-state index contributed by atoms with van der Waals surface area (Å²) in [5.41, 5.74) is 0. The highest BCUT2D eigenvalue weighted by Crippen LogP contribution is 2.19. The van der Waals surface area contributed by atoms with Crippen molar-refractivity contribution in [2.75, 3.05) is 32.7 Å². The molecule has 1 aliphatic heterocycles. The molecule has 1 fully saturated rings. The first-order valence-electron chi connectivity index (χ1n) is 14.9. The summed E-state index contributed by atoms with van der Waals surface area (Å²) >= 11 is 0. The van der Waals surface area contributed by atoms with Crippen LogP contribution in [0.25, 0.3) is 0 Å². The number of carboxylic acids is 1. The predicted molar refractivity (Wildman–Crippen MR) is 145 cm³/mol. The molecule has 0 aliphatic carbocycles. The van der Waals surface area contributed by atoms with E-state index in [4.69, 9.17) is 5.11 Å². The molecule has 2 N–H and O–H groups in total. The minimum Gasteiger partial charge on any atom is -0.480 e. The lowest BCUT2D eigenvalue weighted by Gasteiger charge is -2.39. The van der Waals surface area contributed by atoms with Gasteiger partial charge in [0.1, 0.15) is 6.04 Å². The molecule has 198 valence electrons. The van der Waals surface area contributed by atoms with Crippen LogP contribution in [-0.2, 0) is 4.79 Å². The molecule has 0 aromatic carbocycles. The molecule has 1 aliphatic rings. The van der Waals surface area contributed by atoms with Crippen molar-refractivity contribution in [3.8, 4) is 0 Å². The number of nitrogens with one attached hydrogen (secondary N) is 1. The van der Waals surface area contributed by atoms with Gasteiger partial charge in [0, 0.05) is 0 Å². The molecule has 1 rings (SSSR count). The van der Waals surface area contributed by atoms with Crippen LogP contribution < -0.4 is 5.32 Å². The van der Waals surface area contributed by atoms with Crippen LogP contribution in [0.4, 0.5) is 0 Å². The zero-order valence-corrected chi connectivity index (χ0v) is 23.1. The van der Waals surface area contributed by atoms with Crippen LogP contribution >= 0.6 is 0 Å². The molecule has 0 radical (unpaired) electrons. The molecule has 4 nitrogen and oxygen atoms in total. The standard InChI is InChI=1S/C24H52N.C5H9NO2/c1-5-9-13-17-21-25(22-18-14-10-6-2,23-19-15-11-7-3)24-20-16-12-8-4;7-5(8)4-2-1-3-6-4/h5-24H2,1-4H3;4,6H,1-3H2,(H,7,8)/q+1;/t;4-/m.0/s1. The number of carboxylic acid groups (broad SMARTS) is 1. The van der Waals surface area contributed by atoms with E-state index in [0.717, 1.165) is 19.4 Å². The molecule has 1 saturated heterocycles. The van der Waals surface area contributed by atoms with E-state index in [2.05, 4.69) is 33.0 Å². The van der Waals surface area contributed by atoms with Gasteiger partial charge in [-0.3, -0.25) is 4.79 Å². The summed E-state index contributed by atoms with van der Waals surface area (Å²) in [5, 5.41) is 11.2. The summed E-state index contributed by atoms with van der Waals surface area (Å²) in [4.78, 5) is 10.1. The molecule has 1 atom stereocenters. The fourth-order valence-electron chi connectivity index (χ4n) is 5.06. The Morgan fingerprint density at radius 3 is 1.24 bits per heavy atom. The zero-order chi connectivity index (χ0) is 24.6. The van der Waals surface area contributed by atoms with Crippen molar-refractivity contribution < 1.29 is 14.4 Å². The van der Waals surface area contributed by atoms with E-state index in [-0.39, 0.29) is 6.04 Å². The molecule has 4 heteroatoms. The highest BCUT2D eigenvalue weighted by molar-refractivity contribution is 5.73. The number of rotatable bonds is 21. The first kappa shape index (κ1) is 32.4. The minimum atomic E-state index is -0.720. The van der Waals surface area contributed by atoms with E-state index >= 15 is 0 Å². The lowest BCUT2D eigenvalue weighted by Crippen LogP contribution is -2.50. The van der Waals surface area contributed by atoms with Gasteiger partial charge in [0.2, 0.25) is 0 Å². The summed E-state index contributed by atoms with van der Waals surface area (Å²) in [6.07, 6.45) is 24.6. The van der Waals surface area contributed by atoms with Crippen LogP contribution in [0.1, 0.15) is 143 Å². The monoisotopic (exact) mass is 469 g/mol. The van der Waals surface area contributed by atoms with Gasteiger partial charge >= 0.3 is 5.97 Å². The predicted octanol–water partition coefficient (Wildman–Crippen LogP) is 7.95. The third-order valence-electron chi connectivity index (χ3n) is 7.30. The fourth-order valence-corrected chi connectivity index (χ4v) is 5.06. The van der Waals surface area contributed by atoms with E-state index < -0.39 is 5.97 Å². The van der Waals surface area contributed by atoms with Crippen molar-refractivity contribution in [2.45, 2.75) is 149 Å². The second kappa shape index (κ2) is 23.1. The number of carbonyl (C=O) groups is 1. The van der Waals surface area contributed by atoms with Gasteiger partial charge in [-0.2, -0.15) is 0 Å². The van der Waals surface area contributed by atoms with Crippen molar-refractivity contribution in [3.63, 3.8) is 0 Å². The highest BCUT2D eigenvalue weighted by Gasteiger charge is 2.25. The second-order valence-corrected chi connectivity index (χ2v) is 10.5. The summed E-state index contributed by atoms with van der Waals surface area (Å²) in [7, 11) is 0. The number of aliphatic carboxylic acids is 1. The van der Waals surface area contributed by atoms with Crippen LogP contribution in [-0.4, -0.2) is 54.3 Å². The van der Waals surface area contributed by atoms with Gasteiger partial charge in [-0.05, 0) is 70.8 Å². The summed E-state index contributed by atoms with van der Waals surface area (Å²) in [6.45, 7) is 16.1. The number of hydrogen-bond donors (Lipinski definition) is 2. The Kier molecular flexibility index (Phi) is 22.7.